The van der Waals surface area contributed by atoms with Crippen LogP contribution < -0.4 is 5.73 Å². The Morgan fingerprint density at radius 2 is 2.07 bits per heavy atom. The maximum absolute atomic E-state index is 5.92. The van der Waals surface area contributed by atoms with Crippen LogP contribution in [0.5, 0.6) is 0 Å². The summed E-state index contributed by atoms with van der Waals surface area (Å²) in [6.45, 7) is 6.20. The molecule has 15 heavy (non-hydrogen) atoms. The van der Waals surface area contributed by atoms with Gasteiger partial charge in [-0.05, 0) is 31.3 Å². The molecule has 0 saturated carbocycles. The smallest absolute Gasteiger partial charge is 0.0330 e. The predicted octanol–water partition coefficient (Wildman–Crippen LogP) is 2.70. The van der Waals surface area contributed by atoms with E-state index in [0.717, 1.165) is 25.9 Å². The first-order chi connectivity index (χ1) is 7.18. The molecule has 0 aliphatic carbocycles. The summed E-state index contributed by atoms with van der Waals surface area (Å²) in [4.78, 5) is 3.82. The molecule has 1 aromatic rings. The summed E-state index contributed by atoms with van der Waals surface area (Å²) in [5.41, 5.74) is 6.09. The highest BCUT2D eigenvalue weighted by atomic mass is 32.1. The second-order valence-corrected chi connectivity index (χ2v) is 5.10. The molecular weight excluding hydrogens is 204 g/mol. The SMILES string of the molecule is CCC(CC)(CN)N(C)Cc1cccs1. The van der Waals surface area contributed by atoms with Gasteiger partial charge in [0.25, 0.3) is 0 Å². The summed E-state index contributed by atoms with van der Waals surface area (Å²) in [6, 6.07) is 4.30. The van der Waals surface area contributed by atoms with Crippen LogP contribution in [0.4, 0.5) is 0 Å². The van der Waals surface area contributed by atoms with Gasteiger partial charge in [0.05, 0.1) is 0 Å². The Kier molecular flexibility index (Phi) is 4.77. The first-order valence-electron chi connectivity index (χ1n) is 5.62. The molecule has 0 unspecified atom stereocenters. The molecule has 0 saturated heterocycles. The van der Waals surface area contributed by atoms with Crippen LogP contribution >= 0.6 is 11.3 Å². The minimum Gasteiger partial charge on any atom is -0.329 e. The standard InChI is InChI=1S/C12H22N2S/c1-4-12(5-2,10-13)14(3)9-11-7-6-8-15-11/h6-8H,4-5,9-10,13H2,1-3H3. The Morgan fingerprint density at radius 1 is 1.40 bits per heavy atom. The molecule has 0 amide bonds. The number of thiophene rings is 1. The molecule has 1 rings (SSSR count). The van der Waals surface area contributed by atoms with E-state index in [1.165, 1.54) is 4.88 Å². The van der Waals surface area contributed by atoms with Gasteiger partial charge in [-0.2, -0.15) is 0 Å². The Bertz CT molecular complexity index is 257. The van der Waals surface area contributed by atoms with Crippen molar-refractivity contribution >= 4 is 11.3 Å². The van der Waals surface area contributed by atoms with Crippen molar-refractivity contribution in [3.63, 3.8) is 0 Å². The average Bonchev–Trinajstić information content (AvgIpc) is 2.74. The van der Waals surface area contributed by atoms with E-state index in [1.54, 1.807) is 0 Å². The van der Waals surface area contributed by atoms with Crippen molar-refractivity contribution in [3.8, 4) is 0 Å². The second kappa shape index (κ2) is 5.64. The second-order valence-electron chi connectivity index (χ2n) is 4.07. The lowest BCUT2D eigenvalue weighted by atomic mass is 9.91. The van der Waals surface area contributed by atoms with Gasteiger partial charge in [0.2, 0.25) is 0 Å². The third kappa shape index (κ3) is 2.80. The molecule has 1 aromatic heterocycles. The number of hydrogen-bond acceptors (Lipinski definition) is 3. The van der Waals surface area contributed by atoms with Gasteiger partial charge in [-0.3, -0.25) is 4.90 Å². The lowest BCUT2D eigenvalue weighted by Crippen LogP contribution is -2.50. The van der Waals surface area contributed by atoms with Crippen LogP contribution in [0.2, 0.25) is 0 Å². The van der Waals surface area contributed by atoms with Gasteiger partial charge in [-0.25, -0.2) is 0 Å². The Balaban J connectivity index is 2.68. The molecule has 0 aliphatic rings. The normalized spacial score (nSPS) is 12.3. The molecule has 0 aromatic carbocycles. The quantitative estimate of drug-likeness (QED) is 0.808. The van der Waals surface area contributed by atoms with E-state index in [4.69, 9.17) is 5.73 Å². The number of nitrogens with two attached hydrogens (primary N) is 1. The van der Waals surface area contributed by atoms with Crippen LogP contribution in [0.25, 0.3) is 0 Å². The Morgan fingerprint density at radius 3 is 2.47 bits per heavy atom. The molecule has 0 fully saturated rings. The van der Waals surface area contributed by atoms with Gasteiger partial charge in [-0.1, -0.05) is 19.9 Å². The van der Waals surface area contributed by atoms with Crippen LogP contribution in [0, 0.1) is 0 Å². The molecule has 3 heteroatoms. The van der Waals surface area contributed by atoms with Gasteiger partial charge in [0, 0.05) is 23.5 Å². The third-order valence-corrected chi connectivity index (χ3v) is 4.34. The predicted molar refractivity (Wildman–Crippen MR) is 68.2 cm³/mol. The summed E-state index contributed by atoms with van der Waals surface area (Å²) in [5.74, 6) is 0. The molecule has 2 N–H and O–H groups in total. The fourth-order valence-electron chi connectivity index (χ4n) is 2.04. The van der Waals surface area contributed by atoms with E-state index >= 15 is 0 Å². The van der Waals surface area contributed by atoms with Crippen molar-refractivity contribution in [2.45, 2.75) is 38.8 Å². The highest BCUT2D eigenvalue weighted by molar-refractivity contribution is 7.09. The molecule has 2 nitrogen and oxygen atoms in total. The molecule has 86 valence electrons. The molecule has 1 heterocycles. The van der Waals surface area contributed by atoms with E-state index in [9.17, 15) is 0 Å². The highest BCUT2D eigenvalue weighted by Gasteiger charge is 2.29. The zero-order valence-electron chi connectivity index (χ0n) is 9.99. The van der Waals surface area contributed by atoms with Crippen molar-refractivity contribution in [1.82, 2.24) is 4.90 Å². The van der Waals surface area contributed by atoms with Gasteiger partial charge < -0.3 is 5.73 Å². The van der Waals surface area contributed by atoms with Crippen molar-refractivity contribution in [2.75, 3.05) is 13.6 Å². The fraction of sp³-hybridized carbons (Fsp3) is 0.667. The van der Waals surface area contributed by atoms with Gasteiger partial charge in [0.15, 0.2) is 0 Å². The van der Waals surface area contributed by atoms with E-state index < -0.39 is 0 Å². The molecule has 0 radical (unpaired) electrons. The van der Waals surface area contributed by atoms with E-state index in [-0.39, 0.29) is 5.54 Å². The monoisotopic (exact) mass is 226 g/mol. The summed E-state index contributed by atoms with van der Waals surface area (Å²) >= 11 is 1.82. The zero-order chi connectivity index (χ0) is 11.3. The largest absolute Gasteiger partial charge is 0.329 e. The Labute approximate surface area is 97.1 Å². The maximum Gasteiger partial charge on any atom is 0.0330 e. The van der Waals surface area contributed by atoms with Gasteiger partial charge in [0.1, 0.15) is 0 Å². The summed E-state index contributed by atoms with van der Waals surface area (Å²) < 4.78 is 0. The molecular formula is C12H22N2S. The van der Waals surface area contributed by atoms with Crippen molar-refractivity contribution < 1.29 is 0 Å². The van der Waals surface area contributed by atoms with Crippen molar-refractivity contribution in [1.29, 1.82) is 0 Å². The molecule has 0 spiro atoms. The zero-order valence-corrected chi connectivity index (χ0v) is 10.8. The average molecular weight is 226 g/mol. The van der Waals surface area contributed by atoms with Crippen LogP contribution in [0.1, 0.15) is 31.6 Å². The van der Waals surface area contributed by atoms with Crippen LogP contribution in [-0.4, -0.2) is 24.0 Å². The summed E-state index contributed by atoms with van der Waals surface area (Å²) in [6.07, 6.45) is 2.23. The van der Waals surface area contributed by atoms with E-state index in [0.29, 0.717) is 0 Å². The first kappa shape index (κ1) is 12.7. The van der Waals surface area contributed by atoms with E-state index in [1.807, 2.05) is 11.3 Å². The number of nitrogens with zero attached hydrogens (tertiary/aromatic N) is 1. The lowest BCUT2D eigenvalue weighted by Gasteiger charge is -2.39. The van der Waals surface area contributed by atoms with Crippen LogP contribution in [-0.2, 0) is 6.54 Å². The minimum atomic E-state index is 0.171. The first-order valence-corrected chi connectivity index (χ1v) is 6.50. The van der Waals surface area contributed by atoms with E-state index in [2.05, 4.69) is 43.3 Å². The Hall–Kier alpha value is -0.380. The number of hydrogen-bond donors (Lipinski definition) is 1. The van der Waals surface area contributed by atoms with Crippen molar-refractivity contribution in [2.24, 2.45) is 5.73 Å². The lowest BCUT2D eigenvalue weighted by molar-refractivity contribution is 0.109. The maximum atomic E-state index is 5.92. The topological polar surface area (TPSA) is 29.3 Å². The number of likely N-dealkylation sites (N-methyl/N-ethyl adjacent to an activating group) is 1. The van der Waals surface area contributed by atoms with Crippen LogP contribution in [0.15, 0.2) is 17.5 Å². The molecule has 0 atom stereocenters. The molecule has 0 aliphatic heterocycles. The summed E-state index contributed by atoms with van der Waals surface area (Å²) in [5, 5.41) is 2.13. The third-order valence-electron chi connectivity index (χ3n) is 3.48. The highest BCUT2D eigenvalue weighted by Crippen LogP contribution is 2.24. The molecule has 0 bridgehead atoms. The van der Waals surface area contributed by atoms with Gasteiger partial charge in [-0.15, -0.1) is 11.3 Å². The minimum absolute atomic E-state index is 0.171. The summed E-state index contributed by atoms with van der Waals surface area (Å²) in [7, 11) is 2.18. The fourth-order valence-corrected chi connectivity index (χ4v) is 2.80. The number of rotatable bonds is 6. The van der Waals surface area contributed by atoms with Gasteiger partial charge >= 0.3 is 0 Å². The van der Waals surface area contributed by atoms with Crippen LogP contribution in [0.3, 0.4) is 0 Å². The van der Waals surface area contributed by atoms with Crippen molar-refractivity contribution in [3.05, 3.63) is 22.4 Å².